The molecule has 3 nitrogen and oxygen atoms in total. The number of hydrogen-bond acceptors (Lipinski definition) is 2. The number of hydrogen-bond donors (Lipinski definition) is 1. The number of halogens is 6. The lowest BCUT2D eigenvalue weighted by Crippen LogP contribution is -2.58. The van der Waals surface area contributed by atoms with Gasteiger partial charge in [-0.3, -0.25) is 9.36 Å². The van der Waals surface area contributed by atoms with Crippen molar-refractivity contribution < 1.29 is 36.2 Å². The molecule has 1 aromatic carbocycles. The number of aldehydes is 1. The molecule has 0 saturated heterocycles. The van der Waals surface area contributed by atoms with Gasteiger partial charge in [-0.15, -0.1) is 0 Å². The van der Waals surface area contributed by atoms with Gasteiger partial charge in [0.2, 0.25) is 0 Å². The van der Waals surface area contributed by atoms with E-state index >= 15 is 0 Å². The minimum absolute atomic E-state index is 0.0356. The zero-order valence-corrected chi connectivity index (χ0v) is 10.0. The van der Waals surface area contributed by atoms with E-state index in [1.807, 2.05) is 0 Å². The zero-order valence-electron chi connectivity index (χ0n) is 10.0. The highest BCUT2D eigenvalue weighted by Gasteiger charge is 2.73. The van der Waals surface area contributed by atoms with Crippen molar-refractivity contribution in [1.29, 1.82) is 0 Å². The van der Waals surface area contributed by atoms with Crippen LogP contribution in [0.4, 0.5) is 26.3 Å². The minimum atomic E-state index is -6.06. The highest BCUT2D eigenvalue weighted by Crippen LogP contribution is 2.48. The maximum absolute atomic E-state index is 12.9. The predicted octanol–water partition coefficient (Wildman–Crippen LogP) is 3.22. The second-order valence-electron chi connectivity index (χ2n) is 4.25. The number of benzene rings is 1. The van der Waals surface area contributed by atoms with Crippen LogP contribution >= 0.6 is 0 Å². The van der Waals surface area contributed by atoms with Crippen molar-refractivity contribution in [3.8, 4) is 0 Å². The largest absolute Gasteiger partial charge is 0.446 e. The van der Waals surface area contributed by atoms with Gasteiger partial charge in [-0.05, 0) is 12.1 Å². The van der Waals surface area contributed by atoms with Crippen molar-refractivity contribution in [3.05, 3.63) is 36.0 Å². The van der Waals surface area contributed by atoms with Crippen molar-refractivity contribution in [2.75, 3.05) is 0 Å². The van der Waals surface area contributed by atoms with Crippen LogP contribution in [0.25, 0.3) is 10.9 Å². The first-order valence-electron chi connectivity index (χ1n) is 5.46. The number of aliphatic hydroxyl groups is 1. The lowest BCUT2D eigenvalue weighted by Gasteiger charge is -2.34. The van der Waals surface area contributed by atoms with Crippen molar-refractivity contribution >= 4 is 17.2 Å². The lowest BCUT2D eigenvalue weighted by atomic mass is 10.1. The first-order valence-corrected chi connectivity index (χ1v) is 5.46. The van der Waals surface area contributed by atoms with Gasteiger partial charge in [0.15, 0.2) is 6.29 Å². The minimum Gasteiger partial charge on any atom is -0.356 e. The fourth-order valence-corrected chi connectivity index (χ4v) is 2.04. The Labute approximate surface area is 113 Å². The molecule has 2 rings (SSSR count). The molecule has 0 aliphatic carbocycles. The number of alkyl halides is 6. The van der Waals surface area contributed by atoms with Crippen molar-refractivity contribution in [2.24, 2.45) is 0 Å². The third kappa shape index (κ3) is 2.08. The fourth-order valence-electron chi connectivity index (χ4n) is 2.04. The number of fused-ring (bicyclic) bond motifs is 1. The number of rotatable bonds is 2. The molecule has 0 aliphatic heterocycles. The molecule has 0 fully saturated rings. The number of carbonyl (C=O) groups is 1. The first kappa shape index (κ1) is 15.4. The Balaban J connectivity index is 2.93. The summed E-state index contributed by atoms with van der Waals surface area (Å²) in [5, 5.41) is 9.37. The highest BCUT2D eigenvalue weighted by atomic mass is 19.4. The van der Waals surface area contributed by atoms with Gasteiger partial charge in [-0.2, -0.15) is 26.3 Å². The molecule has 21 heavy (non-hydrogen) atoms. The summed E-state index contributed by atoms with van der Waals surface area (Å²) < 4.78 is 77.0. The standard InChI is InChI=1S/C12H7F6NO2/c13-11(14,15)10(21,12(16,17)18)19-8(6-20)5-7-3-1-2-4-9(7)19/h1-6,21H. The highest BCUT2D eigenvalue weighted by molar-refractivity contribution is 5.89. The van der Waals surface area contributed by atoms with Crippen LogP contribution in [0.1, 0.15) is 10.5 Å². The molecule has 1 N–H and O–H groups in total. The van der Waals surface area contributed by atoms with Gasteiger partial charge < -0.3 is 5.11 Å². The monoisotopic (exact) mass is 311 g/mol. The quantitative estimate of drug-likeness (QED) is 0.683. The number of nitrogens with zero attached hydrogens (tertiary/aromatic N) is 1. The van der Waals surface area contributed by atoms with E-state index in [-0.39, 0.29) is 11.7 Å². The first-order chi connectivity index (χ1) is 9.54. The SMILES string of the molecule is O=Cc1cc2ccccc2n1C(O)(C(F)(F)F)C(F)(F)F. The van der Waals surface area contributed by atoms with Gasteiger partial charge in [0.05, 0.1) is 11.2 Å². The molecule has 1 heterocycles. The van der Waals surface area contributed by atoms with Gasteiger partial charge >= 0.3 is 18.1 Å². The summed E-state index contributed by atoms with van der Waals surface area (Å²) in [6.07, 6.45) is -12.3. The molecule has 0 spiro atoms. The number of aromatic nitrogens is 1. The molecule has 0 aliphatic rings. The van der Waals surface area contributed by atoms with Crippen molar-refractivity contribution in [3.63, 3.8) is 0 Å². The van der Waals surface area contributed by atoms with Gasteiger partial charge in [0.25, 0.3) is 0 Å². The van der Waals surface area contributed by atoms with E-state index in [0.29, 0.717) is 0 Å². The van der Waals surface area contributed by atoms with E-state index in [4.69, 9.17) is 0 Å². The Morgan fingerprint density at radius 3 is 2.00 bits per heavy atom. The van der Waals surface area contributed by atoms with Gasteiger partial charge in [-0.25, -0.2) is 0 Å². The van der Waals surface area contributed by atoms with E-state index in [0.717, 1.165) is 12.1 Å². The maximum atomic E-state index is 12.9. The molecular weight excluding hydrogens is 304 g/mol. The molecule has 114 valence electrons. The molecule has 2 aromatic rings. The molecule has 0 saturated carbocycles. The van der Waals surface area contributed by atoms with Crippen LogP contribution in [0.5, 0.6) is 0 Å². The van der Waals surface area contributed by atoms with E-state index < -0.39 is 33.9 Å². The second kappa shape index (κ2) is 4.48. The number of para-hydroxylation sites is 1. The number of carbonyl (C=O) groups excluding carboxylic acids is 1. The van der Waals surface area contributed by atoms with E-state index in [2.05, 4.69) is 0 Å². The Kier molecular flexibility index (Phi) is 3.28. The summed E-state index contributed by atoms with van der Waals surface area (Å²) in [7, 11) is 0. The predicted molar refractivity (Wildman–Crippen MR) is 59.6 cm³/mol. The summed E-state index contributed by atoms with van der Waals surface area (Å²) in [6, 6.07) is 5.59. The molecule has 9 heteroatoms. The Hall–Kier alpha value is -2.03. The Morgan fingerprint density at radius 1 is 1.00 bits per heavy atom. The average Bonchev–Trinajstić information content (AvgIpc) is 2.73. The molecule has 0 amide bonds. The van der Waals surface area contributed by atoms with Gasteiger partial charge in [0.1, 0.15) is 0 Å². The van der Waals surface area contributed by atoms with Crippen molar-refractivity contribution in [1.82, 2.24) is 4.57 Å². The normalized spacial score (nSPS) is 13.7. The van der Waals surface area contributed by atoms with Crippen LogP contribution in [0.15, 0.2) is 30.3 Å². The molecule has 0 bridgehead atoms. The topological polar surface area (TPSA) is 42.2 Å². The molecule has 0 atom stereocenters. The zero-order chi connectivity index (χ0) is 16.1. The summed E-state index contributed by atoms with van der Waals surface area (Å²) in [5.74, 6) is 0. The van der Waals surface area contributed by atoms with Gasteiger partial charge in [0, 0.05) is 5.39 Å². The molecule has 0 radical (unpaired) electrons. The summed E-state index contributed by atoms with van der Waals surface area (Å²) in [4.78, 5) is 10.8. The van der Waals surface area contributed by atoms with Crippen molar-refractivity contribution in [2.45, 2.75) is 18.1 Å². The molecule has 0 unspecified atom stereocenters. The van der Waals surface area contributed by atoms with E-state index in [1.165, 1.54) is 18.2 Å². The lowest BCUT2D eigenvalue weighted by molar-refractivity contribution is -0.405. The van der Waals surface area contributed by atoms with Crippen LogP contribution in [-0.4, -0.2) is 28.3 Å². The van der Waals surface area contributed by atoms with E-state index in [9.17, 15) is 36.2 Å². The van der Waals surface area contributed by atoms with Crippen LogP contribution < -0.4 is 0 Å². The summed E-state index contributed by atoms with van der Waals surface area (Å²) >= 11 is 0. The van der Waals surface area contributed by atoms with Gasteiger partial charge in [-0.1, -0.05) is 18.2 Å². The smallest absolute Gasteiger partial charge is 0.356 e. The molecule has 1 aromatic heterocycles. The maximum Gasteiger partial charge on any atom is 0.446 e. The second-order valence-corrected chi connectivity index (χ2v) is 4.25. The third-order valence-corrected chi connectivity index (χ3v) is 2.97. The summed E-state index contributed by atoms with van der Waals surface area (Å²) in [5.41, 5.74) is -6.69. The van der Waals surface area contributed by atoms with Crippen LogP contribution in [0.2, 0.25) is 0 Å². The third-order valence-electron chi connectivity index (χ3n) is 2.97. The Morgan fingerprint density at radius 2 is 1.52 bits per heavy atom. The molecular formula is C12H7F6NO2. The summed E-state index contributed by atoms with van der Waals surface area (Å²) in [6.45, 7) is 0. The Bertz CT molecular complexity index is 671. The fraction of sp³-hybridized carbons (Fsp3) is 0.250. The average molecular weight is 311 g/mol. The van der Waals surface area contributed by atoms with Crippen LogP contribution in [-0.2, 0) is 5.72 Å². The van der Waals surface area contributed by atoms with Crippen LogP contribution in [0, 0.1) is 0 Å². The van der Waals surface area contributed by atoms with Crippen LogP contribution in [0.3, 0.4) is 0 Å². The van der Waals surface area contributed by atoms with E-state index in [1.54, 1.807) is 0 Å².